The molecule has 1 amide bonds. The summed E-state index contributed by atoms with van der Waals surface area (Å²) in [6.07, 6.45) is 3.39. The number of benzene rings is 1. The second kappa shape index (κ2) is 9.73. The Kier molecular flexibility index (Phi) is 6.84. The standard InChI is InChI=1S/C22H25N7O/c1-14(24-2)21(30)27-19-10-16(11-19)4-7-17-13-26-22(29-20(17)25-3)28-18-8-5-15(12-23)6-9-18/h5-6,8-9,13-14,16,19,24H,10-11H2,1-3H3,(H,27,30)(H2,25,26,28,29)/t14-,16-,19+/m0/s1. The minimum atomic E-state index is -0.193. The van der Waals surface area contributed by atoms with Crippen LogP contribution in [0.5, 0.6) is 0 Å². The molecule has 4 N–H and O–H groups in total. The molecule has 1 atom stereocenters. The van der Waals surface area contributed by atoms with Gasteiger partial charge in [-0.2, -0.15) is 10.2 Å². The lowest BCUT2D eigenvalue weighted by Crippen LogP contribution is -2.49. The van der Waals surface area contributed by atoms with Gasteiger partial charge in [-0.1, -0.05) is 11.8 Å². The molecule has 1 aliphatic rings. The predicted octanol–water partition coefficient (Wildman–Crippen LogP) is 1.99. The smallest absolute Gasteiger partial charge is 0.237 e. The van der Waals surface area contributed by atoms with Gasteiger partial charge in [-0.15, -0.1) is 0 Å². The van der Waals surface area contributed by atoms with Crippen molar-refractivity contribution in [2.24, 2.45) is 5.92 Å². The summed E-state index contributed by atoms with van der Waals surface area (Å²) < 4.78 is 0. The number of nitriles is 1. The molecular formula is C22H25N7O. The Labute approximate surface area is 176 Å². The summed E-state index contributed by atoms with van der Waals surface area (Å²) >= 11 is 0. The van der Waals surface area contributed by atoms with Gasteiger partial charge in [0.2, 0.25) is 11.9 Å². The normalized spacial score (nSPS) is 18.1. The molecule has 8 nitrogen and oxygen atoms in total. The Morgan fingerprint density at radius 1 is 1.23 bits per heavy atom. The van der Waals surface area contributed by atoms with Crippen LogP contribution in [0.4, 0.5) is 17.5 Å². The Balaban J connectivity index is 1.59. The van der Waals surface area contributed by atoms with Crippen molar-refractivity contribution >= 4 is 23.4 Å². The number of amides is 1. The second-order valence-electron chi connectivity index (χ2n) is 7.17. The zero-order valence-corrected chi connectivity index (χ0v) is 17.3. The predicted molar refractivity (Wildman–Crippen MR) is 116 cm³/mol. The molecule has 0 spiro atoms. The fraction of sp³-hybridized carbons (Fsp3) is 0.364. The van der Waals surface area contributed by atoms with Crippen molar-refractivity contribution in [3.05, 3.63) is 41.6 Å². The third-order valence-electron chi connectivity index (χ3n) is 5.02. The molecule has 8 heteroatoms. The van der Waals surface area contributed by atoms with Gasteiger partial charge >= 0.3 is 0 Å². The molecular weight excluding hydrogens is 378 g/mol. The summed E-state index contributed by atoms with van der Waals surface area (Å²) in [6.45, 7) is 1.84. The first-order valence-corrected chi connectivity index (χ1v) is 9.83. The van der Waals surface area contributed by atoms with Crippen LogP contribution in [-0.4, -0.2) is 42.1 Å². The van der Waals surface area contributed by atoms with E-state index in [9.17, 15) is 4.79 Å². The van der Waals surface area contributed by atoms with Gasteiger partial charge in [0.25, 0.3) is 0 Å². The lowest BCUT2D eigenvalue weighted by Gasteiger charge is -2.33. The molecule has 1 aliphatic carbocycles. The molecule has 1 aromatic carbocycles. The average Bonchev–Trinajstić information content (AvgIpc) is 2.75. The number of rotatable bonds is 6. The molecule has 1 saturated carbocycles. The molecule has 0 saturated heterocycles. The molecule has 0 aliphatic heterocycles. The first-order chi connectivity index (χ1) is 14.5. The van der Waals surface area contributed by atoms with Gasteiger partial charge in [0.15, 0.2) is 0 Å². The van der Waals surface area contributed by atoms with Gasteiger partial charge in [0.1, 0.15) is 5.82 Å². The summed E-state index contributed by atoms with van der Waals surface area (Å²) in [5.74, 6) is 7.76. The van der Waals surface area contributed by atoms with Gasteiger partial charge in [0.05, 0.1) is 29.4 Å². The van der Waals surface area contributed by atoms with E-state index in [-0.39, 0.29) is 23.9 Å². The highest BCUT2D eigenvalue weighted by Crippen LogP contribution is 2.27. The number of carbonyl (C=O) groups is 1. The Morgan fingerprint density at radius 3 is 2.60 bits per heavy atom. The van der Waals surface area contributed by atoms with Crippen LogP contribution in [-0.2, 0) is 4.79 Å². The third kappa shape index (κ3) is 5.25. The highest BCUT2D eigenvalue weighted by Gasteiger charge is 2.29. The monoisotopic (exact) mass is 403 g/mol. The molecule has 154 valence electrons. The van der Waals surface area contributed by atoms with Crippen molar-refractivity contribution < 1.29 is 4.79 Å². The number of aromatic nitrogens is 2. The second-order valence-corrected chi connectivity index (χ2v) is 7.17. The first-order valence-electron chi connectivity index (χ1n) is 9.83. The van der Waals surface area contributed by atoms with Crippen molar-refractivity contribution in [2.45, 2.75) is 31.8 Å². The van der Waals surface area contributed by atoms with E-state index < -0.39 is 0 Å². The number of nitrogens with one attached hydrogen (secondary N) is 4. The van der Waals surface area contributed by atoms with Gasteiger partial charge in [-0.3, -0.25) is 4.79 Å². The van der Waals surface area contributed by atoms with E-state index in [0.29, 0.717) is 17.3 Å². The highest BCUT2D eigenvalue weighted by molar-refractivity contribution is 5.81. The quantitative estimate of drug-likeness (QED) is 0.545. The molecule has 0 radical (unpaired) electrons. The molecule has 1 aromatic heterocycles. The summed E-state index contributed by atoms with van der Waals surface area (Å²) in [5, 5.41) is 21.0. The Bertz CT molecular complexity index is 995. The van der Waals surface area contributed by atoms with Crippen LogP contribution in [0.25, 0.3) is 0 Å². The SMILES string of the molecule is CNc1nc(Nc2ccc(C#N)cc2)ncc1C#C[C@H]1C[C@@H](NC(=O)[C@H](C)NC)C1. The van der Waals surface area contributed by atoms with Gasteiger partial charge < -0.3 is 21.3 Å². The van der Waals surface area contributed by atoms with E-state index in [0.717, 1.165) is 24.1 Å². The third-order valence-corrected chi connectivity index (χ3v) is 5.02. The maximum atomic E-state index is 11.9. The van der Waals surface area contributed by atoms with Crippen LogP contribution in [0.3, 0.4) is 0 Å². The maximum Gasteiger partial charge on any atom is 0.237 e. The zero-order chi connectivity index (χ0) is 21.5. The number of hydrogen-bond donors (Lipinski definition) is 4. The maximum absolute atomic E-state index is 11.9. The first kappa shape index (κ1) is 21.1. The largest absolute Gasteiger partial charge is 0.372 e. The van der Waals surface area contributed by atoms with Crippen molar-refractivity contribution in [3.8, 4) is 17.9 Å². The van der Waals surface area contributed by atoms with Crippen LogP contribution < -0.4 is 21.3 Å². The summed E-state index contributed by atoms with van der Waals surface area (Å²) in [5.41, 5.74) is 2.11. The van der Waals surface area contributed by atoms with Crippen LogP contribution in [0.2, 0.25) is 0 Å². The molecule has 0 unspecified atom stereocenters. The summed E-state index contributed by atoms with van der Waals surface area (Å²) in [7, 11) is 3.56. The van der Waals surface area contributed by atoms with E-state index in [4.69, 9.17) is 5.26 Å². The van der Waals surface area contributed by atoms with Gasteiger partial charge in [-0.05, 0) is 51.1 Å². The molecule has 3 rings (SSSR count). The topological polar surface area (TPSA) is 115 Å². The highest BCUT2D eigenvalue weighted by atomic mass is 16.2. The number of carbonyl (C=O) groups excluding carboxylic acids is 1. The molecule has 2 aromatic rings. The lowest BCUT2D eigenvalue weighted by molar-refractivity contribution is -0.124. The van der Waals surface area contributed by atoms with Gasteiger partial charge in [-0.25, -0.2) is 4.98 Å². The van der Waals surface area contributed by atoms with Crippen LogP contribution in [0.1, 0.15) is 30.9 Å². The van der Waals surface area contributed by atoms with E-state index in [1.807, 2.05) is 6.92 Å². The van der Waals surface area contributed by atoms with Crippen molar-refractivity contribution in [1.29, 1.82) is 5.26 Å². The average molecular weight is 403 g/mol. The number of likely N-dealkylation sites (N-methyl/N-ethyl adjacent to an activating group) is 1. The Morgan fingerprint density at radius 2 is 1.97 bits per heavy atom. The zero-order valence-electron chi connectivity index (χ0n) is 17.3. The molecule has 0 bridgehead atoms. The van der Waals surface area contributed by atoms with Crippen molar-refractivity contribution in [3.63, 3.8) is 0 Å². The number of nitrogens with zero attached hydrogens (tertiary/aromatic N) is 3. The summed E-state index contributed by atoms with van der Waals surface area (Å²) in [4.78, 5) is 20.7. The fourth-order valence-corrected chi connectivity index (χ4v) is 2.97. The van der Waals surface area contributed by atoms with Crippen LogP contribution in [0, 0.1) is 29.1 Å². The molecule has 30 heavy (non-hydrogen) atoms. The van der Waals surface area contributed by atoms with Crippen LogP contribution in [0.15, 0.2) is 30.5 Å². The van der Waals surface area contributed by atoms with Crippen molar-refractivity contribution in [1.82, 2.24) is 20.6 Å². The van der Waals surface area contributed by atoms with Gasteiger partial charge in [0, 0.05) is 24.7 Å². The number of hydrogen-bond acceptors (Lipinski definition) is 7. The molecule has 1 fully saturated rings. The van der Waals surface area contributed by atoms with E-state index in [2.05, 4.69) is 49.1 Å². The minimum Gasteiger partial charge on any atom is -0.372 e. The summed E-state index contributed by atoms with van der Waals surface area (Å²) in [6, 6.07) is 9.15. The van der Waals surface area contributed by atoms with E-state index in [1.54, 1.807) is 44.6 Å². The van der Waals surface area contributed by atoms with E-state index >= 15 is 0 Å². The van der Waals surface area contributed by atoms with E-state index in [1.165, 1.54) is 0 Å². The lowest BCUT2D eigenvalue weighted by atomic mass is 9.80. The minimum absolute atomic E-state index is 0.0186. The fourth-order valence-electron chi connectivity index (χ4n) is 2.97. The number of anilines is 3. The Hall–Kier alpha value is -3.62. The van der Waals surface area contributed by atoms with Crippen LogP contribution >= 0.6 is 0 Å². The molecule has 1 heterocycles. The van der Waals surface area contributed by atoms with Crippen molar-refractivity contribution in [2.75, 3.05) is 24.7 Å².